The topological polar surface area (TPSA) is 14.2 Å². The number of ether oxygens (including phenoxy) is 1. The molecule has 1 heterocycles. The summed E-state index contributed by atoms with van der Waals surface area (Å²) in [5, 5.41) is 0. The van der Waals surface area contributed by atoms with Gasteiger partial charge in [-0.15, -0.1) is 0 Å². The molecule has 174 valence electrons. The summed E-state index contributed by atoms with van der Waals surface area (Å²) in [4.78, 5) is 0. The number of aromatic nitrogens is 1. The fourth-order valence-corrected chi connectivity index (χ4v) is 4.65. The highest BCUT2D eigenvalue weighted by atomic mass is 16.5. The van der Waals surface area contributed by atoms with Crippen molar-refractivity contribution in [2.45, 2.75) is 32.7 Å². The number of aryl methyl sites for hydroxylation is 4. The van der Waals surface area contributed by atoms with Crippen LogP contribution in [0.4, 0.5) is 0 Å². The third-order valence-corrected chi connectivity index (χ3v) is 6.57. The fourth-order valence-electron chi connectivity index (χ4n) is 4.65. The van der Waals surface area contributed by atoms with Gasteiger partial charge in [-0.05, 0) is 84.8 Å². The minimum absolute atomic E-state index is 0.863. The molecule has 0 amide bonds. The van der Waals surface area contributed by atoms with Crippen LogP contribution < -0.4 is 4.74 Å². The summed E-state index contributed by atoms with van der Waals surface area (Å²) in [5.41, 5.74) is 8.06. The smallest absolute Gasteiger partial charge is 0.127 e. The standard InChI is InChI=1S/C33H31NO/c1-26-16-20-30(21-19-29-12-8-9-15-33(29)28-10-4-2-5-11-28)34(26)25-24-27-17-22-32(23-18-27)35-31-13-6-3-7-14-31/h2-18,20,22-23H,19,21,24-25H2,1H3. The first-order chi connectivity index (χ1) is 17.3. The van der Waals surface area contributed by atoms with Gasteiger partial charge >= 0.3 is 0 Å². The van der Waals surface area contributed by atoms with Crippen LogP contribution in [0.1, 0.15) is 22.5 Å². The second-order valence-corrected chi connectivity index (χ2v) is 8.95. The minimum atomic E-state index is 0.863. The molecule has 2 heteroatoms. The molecule has 0 aliphatic heterocycles. The number of rotatable bonds is 9. The first-order valence-electron chi connectivity index (χ1n) is 12.4. The van der Waals surface area contributed by atoms with Gasteiger partial charge in [0.25, 0.3) is 0 Å². The van der Waals surface area contributed by atoms with E-state index in [-0.39, 0.29) is 0 Å². The Morgan fingerprint density at radius 1 is 0.571 bits per heavy atom. The molecule has 5 aromatic rings. The van der Waals surface area contributed by atoms with Crippen molar-refractivity contribution in [3.8, 4) is 22.6 Å². The summed E-state index contributed by atoms with van der Waals surface area (Å²) >= 11 is 0. The van der Waals surface area contributed by atoms with E-state index < -0.39 is 0 Å². The van der Waals surface area contributed by atoms with Crippen LogP contribution in [0.15, 0.2) is 121 Å². The van der Waals surface area contributed by atoms with E-state index in [1.165, 1.54) is 33.6 Å². The van der Waals surface area contributed by atoms with Gasteiger partial charge in [-0.3, -0.25) is 0 Å². The Hall–Kier alpha value is -4.04. The van der Waals surface area contributed by atoms with Crippen molar-refractivity contribution in [3.05, 3.63) is 144 Å². The molecule has 0 saturated carbocycles. The number of hydrogen-bond acceptors (Lipinski definition) is 1. The number of benzene rings is 4. The van der Waals surface area contributed by atoms with E-state index in [0.717, 1.165) is 37.3 Å². The molecule has 2 nitrogen and oxygen atoms in total. The van der Waals surface area contributed by atoms with E-state index in [2.05, 4.69) is 102 Å². The van der Waals surface area contributed by atoms with Crippen LogP contribution in [0.3, 0.4) is 0 Å². The van der Waals surface area contributed by atoms with Crippen LogP contribution in [0.5, 0.6) is 11.5 Å². The largest absolute Gasteiger partial charge is 0.457 e. The molecule has 0 atom stereocenters. The number of nitrogens with zero attached hydrogens (tertiary/aromatic N) is 1. The first kappa shape index (κ1) is 22.7. The van der Waals surface area contributed by atoms with Crippen LogP contribution >= 0.6 is 0 Å². The molecule has 0 spiro atoms. The summed E-state index contributed by atoms with van der Waals surface area (Å²) in [6.45, 7) is 3.19. The molecular formula is C33H31NO. The predicted molar refractivity (Wildman–Crippen MR) is 145 cm³/mol. The van der Waals surface area contributed by atoms with Crippen LogP contribution in [0.2, 0.25) is 0 Å². The van der Waals surface area contributed by atoms with E-state index in [1.54, 1.807) is 0 Å². The van der Waals surface area contributed by atoms with E-state index in [0.29, 0.717) is 0 Å². The molecule has 0 aliphatic rings. The Kier molecular flexibility index (Phi) is 7.10. The predicted octanol–water partition coefficient (Wildman–Crippen LogP) is 8.28. The van der Waals surface area contributed by atoms with Crippen molar-refractivity contribution in [1.82, 2.24) is 4.57 Å². The summed E-state index contributed by atoms with van der Waals surface area (Å²) in [6.07, 6.45) is 3.05. The quantitative estimate of drug-likeness (QED) is 0.217. The Bertz CT molecular complexity index is 1350. The van der Waals surface area contributed by atoms with Crippen LogP contribution in [-0.2, 0) is 25.8 Å². The van der Waals surface area contributed by atoms with Gasteiger partial charge in [0, 0.05) is 17.9 Å². The van der Waals surface area contributed by atoms with Crippen molar-refractivity contribution in [1.29, 1.82) is 0 Å². The lowest BCUT2D eigenvalue weighted by Gasteiger charge is -2.14. The van der Waals surface area contributed by atoms with Gasteiger partial charge in [0.2, 0.25) is 0 Å². The SMILES string of the molecule is Cc1ccc(CCc2ccccc2-c2ccccc2)n1CCc1ccc(Oc2ccccc2)cc1. The molecule has 1 aromatic heterocycles. The zero-order valence-electron chi connectivity index (χ0n) is 20.2. The average Bonchev–Trinajstić information content (AvgIpc) is 3.27. The van der Waals surface area contributed by atoms with E-state index in [9.17, 15) is 0 Å². The molecule has 35 heavy (non-hydrogen) atoms. The highest BCUT2D eigenvalue weighted by Crippen LogP contribution is 2.25. The molecule has 5 rings (SSSR count). The monoisotopic (exact) mass is 457 g/mol. The van der Waals surface area contributed by atoms with Gasteiger partial charge in [0.15, 0.2) is 0 Å². The summed E-state index contributed by atoms with van der Waals surface area (Å²) in [5.74, 6) is 1.73. The molecule has 0 radical (unpaired) electrons. The lowest BCUT2D eigenvalue weighted by Crippen LogP contribution is -2.08. The van der Waals surface area contributed by atoms with Crippen molar-refractivity contribution in [2.75, 3.05) is 0 Å². The molecule has 0 saturated heterocycles. The molecule has 0 fully saturated rings. The third kappa shape index (κ3) is 5.73. The highest BCUT2D eigenvalue weighted by molar-refractivity contribution is 5.67. The second kappa shape index (κ2) is 10.9. The molecule has 4 aromatic carbocycles. The minimum Gasteiger partial charge on any atom is -0.457 e. The maximum atomic E-state index is 5.93. The normalized spacial score (nSPS) is 10.9. The van der Waals surface area contributed by atoms with Crippen molar-refractivity contribution >= 4 is 0 Å². The van der Waals surface area contributed by atoms with Crippen molar-refractivity contribution < 1.29 is 4.74 Å². The van der Waals surface area contributed by atoms with Crippen molar-refractivity contribution in [2.24, 2.45) is 0 Å². The molecule has 0 aliphatic carbocycles. The molecule has 0 unspecified atom stereocenters. The lowest BCUT2D eigenvalue weighted by molar-refractivity contribution is 0.482. The van der Waals surface area contributed by atoms with E-state index >= 15 is 0 Å². The van der Waals surface area contributed by atoms with Crippen LogP contribution in [0.25, 0.3) is 11.1 Å². The Morgan fingerprint density at radius 2 is 1.23 bits per heavy atom. The molecule has 0 N–H and O–H groups in total. The second-order valence-electron chi connectivity index (χ2n) is 8.95. The maximum absolute atomic E-state index is 5.93. The average molecular weight is 458 g/mol. The lowest BCUT2D eigenvalue weighted by atomic mass is 9.96. The van der Waals surface area contributed by atoms with Gasteiger partial charge in [0.05, 0.1) is 0 Å². The van der Waals surface area contributed by atoms with E-state index in [1.807, 2.05) is 30.3 Å². The van der Waals surface area contributed by atoms with Gasteiger partial charge in [-0.2, -0.15) is 0 Å². The summed E-state index contributed by atoms with van der Waals surface area (Å²) in [7, 11) is 0. The number of para-hydroxylation sites is 1. The third-order valence-electron chi connectivity index (χ3n) is 6.57. The van der Waals surface area contributed by atoms with Gasteiger partial charge in [0.1, 0.15) is 11.5 Å². The van der Waals surface area contributed by atoms with Gasteiger partial charge in [-0.1, -0.05) is 84.9 Å². The van der Waals surface area contributed by atoms with Gasteiger partial charge < -0.3 is 9.30 Å². The number of hydrogen-bond donors (Lipinski definition) is 0. The maximum Gasteiger partial charge on any atom is 0.127 e. The fraction of sp³-hybridized carbons (Fsp3) is 0.152. The summed E-state index contributed by atoms with van der Waals surface area (Å²) < 4.78 is 8.40. The first-order valence-corrected chi connectivity index (χ1v) is 12.4. The summed E-state index contributed by atoms with van der Waals surface area (Å²) in [6, 6.07) is 42.4. The molecular weight excluding hydrogens is 426 g/mol. The zero-order chi connectivity index (χ0) is 23.9. The van der Waals surface area contributed by atoms with Gasteiger partial charge in [-0.25, -0.2) is 0 Å². The Morgan fingerprint density at radius 3 is 2.00 bits per heavy atom. The van der Waals surface area contributed by atoms with Crippen molar-refractivity contribution in [3.63, 3.8) is 0 Å². The van der Waals surface area contributed by atoms with Crippen LogP contribution in [0, 0.1) is 6.92 Å². The van der Waals surface area contributed by atoms with Crippen LogP contribution in [-0.4, -0.2) is 4.57 Å². The van der Waals surface area contributed by atoms with E-state index in [4.69, 9.17) is 4.74 Å². The Balaban J connectivity index is 1.23. The zero-order valence-corrected chi connectivity index (χ0v) is 20.2. The highest BCUT2D eigenvalue weighted by Gasteiger charge is 2.09. The molecule has 0 bridgehead atoms. The Labute approximate surface area is 208 Å².